The van der Waals surface area contributed by atoms with Crippen LogP contribution in [0.1, 0.15) is 23.6 Å². The molecule has 23 heavy (non-hydrogen) atoms. The number of nitrogens with zero attached hydrogens (tertiary/aromatic N) is 1. The Kier molecular flexibility index (Phi) is 6.86. The van der Waals surface area contributed by atoms with Crippen molar-refractivity contribution in [3.8, 4) is 0 Å². The predicted molar refractivity (Wildman–Crippen MR) is 102 cm³/mol. The highest BCUT2D eigenvalue weighted by Gasteiger charge is 2.03. The number of carbonyl (C=O) groups excluding carboxylic acids is 1. The molecule has 0 unspecified atom stereocenters. The lowest BCUT2D eigenvalue weighted by molar-refractivity contribution is -0.118. The molecule has 0 bridgehead atoms. The van der Waals surface area contributed by atoms with Crippen molar-refractivity contribution in [1.82, 2.24) is 5.43 Å². The number of thioether (sulfide) groups is 1. The third-order valence-corrected chi connectivity index (χ3v) is 4.87. The fraction of sp³-hybridized carbons (Fsp3) is 0.222. The molecule has 0 saturated carbocycles. The Balaban J connectivity index is 1.79. The van der Waals surface area contributed by atoms with Crippen LogP contribution in [0.2, 0.25) is 0 Å². The number of aryl methyl sites for hydroxylation is 1. The summed E-state index contributed by atoms with van der Waals surface area (Å²) >= 11 is 4.99. The summed E-state index contributed by atoms with van der Waals surface area (Å²) in [5.74, 6) is 1.14. The van der Waals surface area contributed by atoms with Crippen molar-refractivity contribution in [3.63, 3.8) is 0 Å². The zero-order chi connectivity index (χ0) is 16.7. The van der Waals surface area contributed by atoms with Gasteiger partial charge in [-0.3, -0.25) is 4.79 Å². The molecule has 0 aromatic heterocycles. The number of hydrogen-bond donors (Lipinski definition) is 1. The molecule has 2 aromatic carbocycles. The number of amides is 1. The van der Waals surface area contributed by atoms with Crippen LogP contribution < -0.4 is 5.43 Å². The highest BCUT2D eigenvalue weighted by atomic mass is 79.9. The first-order valence-electron chi connectivity index (χ1n) is 7.27. The molecule has 0 saturated heterocycles. The summed E-state index contributed by atoms with van der Waals surface area (Å²) in [6, 6.07) is 16.1. The van der Waals surface area contributed by atoms with Crippen LogP contribution in [0, 0.1) is 6.92 Å². The molecular weight excluding hydrogens is 372 g/mol. The molecule has 120 valence electrons. The Morgan fingerprint density at radius 1 is 1.17 bits per heavy atom. The van der Waals surface area contributed by atoms with Crippen molar-refractivity contribution in [2.45, 2.75) is 19.6 Å². The third kappa shape index (κ3) is 5.84. The maximum atomic E-state index is 11.9. The SMILES string of the molecule is C/C(=N/NC(=O)CSCc1ccccc1C)c1ccc(Br)cc1. The maximum absolute atomic E-state index is 11.9. The third-order valence-electron chi connectivity index (χ3n) is 3.36. The Hall–Kier alpha value is -1.59. The smallest absolute Gasteiger partial charge is 0.250 e. The van der Waals surface area contributed by atoms with E-state index < -0.39 is 0 Å². The van der Waals surface area contributed by atoms with Gasteiger partial charge >= 0.3 is 0 Å². The molecule has 2 aromatic rings. The van der Waals surface area contributed by atoms with E-state index in [1.165, 1.54) is 11.1 Å². The van der Waals surface area contributed by atoms with E-state index in [1.807, 2.05) is 43.3 Å². The lowest BCUT2D eigenvalue weighted by Gasteiger charge is -2.05. The number of rotatable bonds is 6. The Bertz CT molecular complexity index is 698. The van der Waals surface area contributed by atoms with Gasteiger partial charge < -0.3 is 0 Å². The molecule has 0 fully saturated rings. The molecular formula is C18H19BrN2OS. The molecule has 0 aliphatic carbocycles. The van der Waals surface area contributed by atoms with Gasteiger partial charge in [0.1, 0.15) is 0 Å². The van der Waals surface area contributed by atoms with Crippen LogP contribution in [-0.2, 0) is 10.5 Å². The highest BCUT2D eigenvalue weighted by molar-refractivity contribution is 9.10. The van der Waals surface area contributed by atoms with Crippen molar-refractivity contribution in [1.29, 1.82) is 0 Å². The highest BCUT2D eigenvalue weighted by Crippen LogP contribution is 2.15. The first-order valence-corrected chi connectivity index (χ1v) is 9.22. The Labute approximate surface area is 149 Å². The second-order valence-electron chi connectivity index (χ2n) is 5.16. The molecule has 0 spiro atoms. The van der Waals surface area contributed by atoms with E-state index in [1.54, 1.807) is 11.8 Å². The quantitative estimate of drug-likeness (QED) is 0.581. The number of hydrogen-bond acceptors (Lipinski definition) is 3. The molecule has 1 amide bonds. The fourth-order valence-corrected chi connectivity index (χ4v) is 3.12. The Morgan fingerprint density at radius 3 is 2.57 bits per heavy atom. The first-order chi connectivity index (χ1) is 11.1. The summed E-state index contributed by atoms with van der Waals surface area (Å²) in [6.45, 7) is 3.96. The predicted octanol–water partition coefficient (Wildman–Crippen LogP) is 4.53. The normalized spacial score (nSPS) is 11.3. The Morgan fingerprint density at radius 2 is 1.87 bits per heavy atom. The minimum absolute atomic E-state index is 0.0833. The summed E-state index contributed by atoms with van der Waals surface area (Å²) in [6.07, 6.45) is 0. The van der Waals surface area contributed by atoms with Gasteiger partial charge in [0.15, 0.2) is 0 Å². The van der Waals surface area contributed by atoms with Gasteiger partial charge in [0.2, 0.25) is 5.91 Å². The van der Waals surface area contributed by atoms with E-state index in [4.69, 9.17) is 0 Å². The number of halogens is 1. The summed E-state index contributed by atoms with van der Waals surface area (Å²) in [5, 5.41) is 4.16. The zero-order valence-electron chi connectivity index (χ0n) is 13.2. The average Bonchev–Trinajstić information content (AvgIpc) is 2.55. The van der Waals surface area contributed by atoms with Crippen LogP contribution in [0.4, 0.5) is 0 Å². The molecule has 0 heterocycles. The van der Waals surface area contributed by atoms with Crippen LogP contribution in [0.25, 0.3) is 0 Å². The minimum atomic E-state index is -0.0833. The van der Waals surface area contributed by atoms with Gasteiger partial charge in [-0.2, -0.15) is 5.10 Å². The van der Waals surface area contributed by atoms with Crippen molar-refractivity contribution in [2.75, 3.05) is 5.75 Å². The monoisotopic (exact) mass is 390 g/mol. The summed E-state index contributed by atoms with van der Waals surface area (Å²) < 4.78 is 1.02. The number of benzene rings is 2. The van der Waals surface area contributed by atoms with Crippen molar-refractivity contribution in [3.05, 3.63) is 69.7 Å². The molecule has 0 atom stereocenters. The van der Waals surface area contributed by atoms with Gasteiger partial charge in [-0.05, 0) is 42.7 Å². The molecule has 0 aliphatic heterocycles. The number of hydrazone groups is 1. The van der Waals surface area contributed by atoms with E-state index in [2.05, 4.69) is 45.5 Å². The summed E-state index contributed by atoms with van der Waals surface area (Å²) in [7, 11) is 0. The minimum Gasteiger partial charge on any atom is -0.272 e. The van der Waals surface area contributed by atoms with Gasteiger partial charge in [-0.25, -0.2) is 5.43 Å². The van der Waals surface area contributed by atoms with Gasteiger partial charge in [0, 0.05) is 10.2 Å². The van der Waals surface area contributed by atoms with E-state index in [0.29, 0.717) is 5.75 Å². The standard InChI is InChI=1S/C18H19BrN2OS/c1-13-5-3-4-6-16(13)11-23-12-18(22)21-20-14(2)15-7-9-17(19)10-8-15/h3-10H,11-12H2,1-2H3,(H,21,22)/b20-14-. The maximum Gasteiger partial charge on any atom is 0.250 e. The molecule has 3 nitrogen and oxygen atoms in total. The number of nitrogens with one attached hydrogen (secondary N) is 1. The second-order valence-corrected chi connectivity index (χ2v) is 7.06. The van der Waals surface area contributed by atoms with E-state index >= 15 is 0 Å². The lowest BCUT2D eigenvalue weighted by Crippen LogP contribution is -2.21. The van der Waals surface area contributed by atoms with Crippen LogP contribution >= 0.6 is 27.7 Å². The van der Waals surface area contributed by atoms with Crippen LogP contribution in [0.15, 0.2) is 58.1 Å². The van der Waals surface area contributed by atoms with Crippen molar-refractivity contribution < 1.29 is 4.79 Å². The van der Waals surface area contributed by atoms with Crippen molar-refractivity contribution in [2.24, 2.45) is 5.10 Å². The van der Waals surface area contributed by atoms with E-state index in [0.717, 1.165) is 21.5 Å². The fourth-order valence-electron chi connectivity index (χ4n) is 1.96. The first kappa shape index (κ1) is 17.8. The van der Waals surface area contributed by atoms with Crippen LogP contribution in [0.5, 0.6) is 0 Å². The summed E-state index contributed by atoms with van der Waals surface area (Å²) in [4.78, 5) is 11.9. The second kappa shape index (κ2) is 8.89. The lowest BCUT2D eigenvalue weighted by atomic mass is 10.1. The zero-order valence-corrected chi connectivity index (χ0v) is 15.6. The summed E-state index contributed by atoms with van der Waals surface area (Å²) in [5.41, 5.74) is 6.90. The van der Waals surface area contributed by atoms with Crippen molar-refractivity contribution >= 4 is 39.3 Å². The molecule has 5 heteroatoms. The average molecular weight is 391 g/mol. The van der Waals surface area contributed by atoms with Gasteiger partial charge in [0.25, 0.3) is 0 Å². The molecule has 0 aliphatic rings. The van der Waals surface area contributed by atoms with Gasteiger partial charge in [0.05, 0.1) is 11.5 Å². The van der Waals surface area contributed by atoms with E-state index in [-0.39, 0.29) is 5.91 Å². The number of carbonyl (C=O) groups is 1. The van der Waals surface area contributed by atoms with Crippen LogP contribution in [-0.4, -0.2) is 17.4 Å². The molecule has 0 radical (unpaired) electrons. The largest absolute Gasteiger partial charge is 0.272 e. The van der Waals surface area contributed by atoms with Gasteiger partial charge in [-0.15, -0.1) is 11.8 Å². The molecule has 2 rings (SSSR count). The van der Waals surface area contributed by atoms with E-state index in [9.17, 15) is 4.79 Å². The van der Waals surface area contributed by atoms with Crippen LogP contribution in [0.3, 0.4) is 0 Å². The van der Waals surface area contributed by atoms with Gasteiger partial charge in [-0.1, -0.05) is 52.3 Å². The topological polar surface area (TPSA) is 41.5 Å². The molecule has 1 N–H and O–H groups in total.